The van der Waals surface area contributed by atoms with Crippen molar-refractivity contribution >= 4 is 20.8 Å². The Labute approximate surface area is 197 Å². The summed E-state index contributed by atoms with van der Waals surface area (Å²) in [6, 6.07) is 18.9. The molecule has 2 heterocycles. The topological polar surface area (TPSA) is 61.4 Å². The van der Waals surface area contributed by atoms with Crippen LogP contribution in [0.4, 0.5) is 13.2 Å². The van der Waals surface area contributed by atoms with Crippen molar-refractivity contribution in [3.63, 3.8) is 0 Å². The van der Waals surface area contributed by atoms with Gasteiger partial charge in [0.2, 0.25) is 10.0 Å². The van der Waals surface area contributed by atoms with Crippen molar-refractivity contribution in [1.82, 2.24) is 15.2 Å². The molecule has 0 radical (unpaired) electrons. The third kappa shape index (κ3) is 4.45. The Hall–Kier alpha value is -2.46. The summed E-state index contributed by atoms with van der Waals surface area (Å²) in [5.41, 5.74) is 7.10. The molecule has 2 atom stereocenters. The van der Waals surface area contributed by atoms with E-state index >= 15 is 0 Å². The van der Waals surface area contributed by atoms with Crippen molar-refractivity contribution in [1.29, 1.82) is 0 Å². The lowest BCUT2D eigenvalue weighted by molar-refractivity contribution is -0.137. The zero-order valence-corrected chi connectivity index (χ0v) is 19.2. The molecule has 0 aliphatic carbocycles. The lowest BCUT2D eigenvalue weighted by Crippen LogP contribution is -2.44. The Morgan fingerprint density at radius 2 is 1.59 bits per heavy atom. The van der Waals surface area contributed by atoms with Crippen molar-refractivity contribution in [2.24, 2.45) is 5.92 Å². The van der Waals surface area contributed by atoms with Gasteiger partial charge in [-0.25, -0.2) is 13.8 Å². The van der Waals surface area contributed by atoms with Crippen molar-refractivity contribution in [2.75, 3.05) is 13.1 Å². The molecule has 0 aromatic heterocycles. The Balaban J connectivity index is 1.24. The maximum absolute atomic E-state index is 13.0. The van der Waals surface area contributed by atoms with Gasteiger partial charge in [0, 0.05) is 25.2 Å². The first-order valence-electron chi connectivity index (χ1n) is 11.4. The van der Waals surface area contributed by atoms with Gasteiger partial charge < -0.3 is 0 Å². The molecule has 5 rings (SSSR count). The lowest BCUT2D eigenvalue weighted by atomic mass is 9.86. The average molecular weight is 490 g/mol. The third-order valence-corrected chi connectivity index (χ3v) is 8.89. The van der Waals surface area contributed by atoms with Gasteiger partial charge in [0.05, 0.1) is 10.5 Å². The fourth-order valence-corrected chi connectivity index (χ4v) is 6.67. The van der Waals surface area contributed by atoms with Crippen LogP contribution in [0.1, 0.15) is 36.4 Å². The van der Waals surface area contributed by atoms with Gasteiger partial charge in [-0.1, -0.05) is 48.5 Å². The van der Waals surface area contributed by atoms with Crippen molar-refractivity contribution in [3.05, 3.63) is 77.9 Å². The van der Waals surface area contributed by atoms with Gasteiger partial charge in [-0.05, 0) is 59.7 Å². The maximum atomic E-state index is 13.0. The highest BCUT2D eigenvalue weighted by atomic mass is 32.2. The van der Waals surface area contributed by atoms with Crippen LogP contribution >= 0.6 is 0 Å². The van der Waals surface area contributed by atoms with Gasteiger partial charge in [-0.3, -0.25) is 5.43 Å². The molecular weight excluding hydrogens is 463 g/mol. The number of rotatable bonds is 4. The van der Waals surface area contributed by atoms with Gasteiger partial charge in [-0.2, -0.15) is 17.5 Å². The normalized spacial score (nSPS) is 22.9. The molecule has 2 unspecified atom stereocenters. The molecule has 180 valence electrons. The minimum Gasteiger partial charge on any atom is -0.254 e. The van der Waals surface area contributed by atoms with Crippen LogP contribution in [0.3, 0.4) is 0 Å². The second-order valence-corrected chi connectivity index (χ2v) is 11.0. The van der Waals surface area contributed by atoms with E-state index in [0.29, 0.717) is 25.9 Å². The molecule has 2 aliphatic rings. The molecule has 0 amide bonds. The van der Waals surface area contributed by atoms with Crippen LogP contribution < -0.4 is 10.9 Å². The number of hydrazine groups is 1. The second kappa shape index (κ2) is 8.96. The third-order valence-electron chi connectivity index (χ3n) is 7.00. The Morgan fingerprint density at radius 3 is 2.35 bits per heavy atom. The molecule has 2 saturated heterocycles. The molecular formula is C25H26F3N3O2S. The highest BCUT2D eigenvalue weighted by Crippen LogP contribution is 2.35. The largest absolute Gasteiger partial charge is 0.416 e. The molecule has 0 saturated carbocycles. The number of piperidine rings is 1. The Bertz CT molecular complexity index is 1280. The molecule has 2 fully saturated rings. The van der Waals surface area contributed by atoms with Gasteiger partial charge in [0.1, 0.15) is 0 Å². The van der Waals surface area contributed by atoms with E-state index in [2.05, 4.69) is 41.2 Å². The standard InChI is InChI=1S/C25H26F3N3O2S/c26-25(27,28)19-7-4-8-20(15-19)34(32,33)31-13-11-18(12-14-31)23-16-24(30-29-23)22-10-3-6-17-5-1-2-9-21(17)22/h1-10,15,18,23-24,29-30H,11-14,16H2. The van der Waals surface area contributed by atoms with Crippen LogP contribution in [-0.4, -0.2) is 31.9 Å². The van der Waals surface area contributed by atoms with E-state index in [0.717, 1.165) is 24.6 Å². The first-order valence-corrected chi connectivity index (χ1v) is 12.8. The monoisotopic (exact) mass is 489 g/mol. The number of sulfonamides is 1. The van der Waals surface area contributed by atoms with Crippen LogP contribution in [0, 0.1) is 5.92 Å². The number of nitrogens with zero attached hydrogens (tertiary/aromatic N) is 1. The van der Waals surface area contributed by atoms with E-state index in [9.17, 15) is 21.6 Å². The van der Waals surface area contributed by atoms with Gasteiger partial charge >= 0.3 is 6.18 Å². The van der Waals surface area contributed by atoms with Gasteiger partial charge in [0.15, 0.2) is 0 Å². The van der Waals surface area contributed by atoms with Gasteiger partial charge in [-0.15, -0.1) is 0 Å². The van der Waals surface area contributed by atoms with E-state index in [4.69, 9.17) is 0 Å². The van der Waals surface area contributed by atoms with Crippen LogP contribution in [-0.2, 0) is 16.2 Å². The SMILES string of the molecule is O=S(=O)(c1cccc(C(F)(F)F)c1)N1CCC(C2CC(c3cccc4ccccc34)NN2)CC1. The van der Waals surface area contributed by atoms with Crippen LogP contribution in [0.25, 0.3) is 10.8 Å². The Kier molecular flexibility index (Phi) is 6.14. The van der Waals surface area contributed by atoms with E-state index in [1.54, 1.807) is 0 Å². The first-order chi connectivity index (χ1) is 16.2. The predicted molar refractivity (Wildman–Crippen MR) is 124 cm³/mol. The fourth-order valence-electron chi connectivity index (χ4n) is 5.15. The van der Waals surface area contributed by atoms with Crippen LogP contribution in [0.5, 0.6) is 0 Å². The molecule has 3 aromatic carbocycles. The van der Waals surface area contributed by atoms with Crippen molar-refractivity contribution in [2.45, 2.75) is 42.4 Å². The molecule has 0 bridgehead atoms. The molecule has 5 nitrogen and oxygen atoms in total. The summed E-state index contributed by atoms with van der Waals surface area (Å²) in [5.74, 6) is 0.278. The molecule has 9 heteroatoms. The summed E-state index contributed by atoms with van der Waals surface area (Å²) in [5, 5.41) is 2.41. The zero-order chi connectivity index (χ0) is 23.9. The van der Waals surface area contributed by atoms with E-state index in [1.807, 2.05) is 12.1 Å². The summed E-state index contributed by atoms with van der Waals surface area (Å²) in [4.78, 5) is -0.308. The number of hydrogen-bond acceptors (Lipinski definition) is 4. The molecule has 0 spiro atoms. The summed E-state index contributed by atoms with van der Waals surface area (Å²) in [7, 11) is -3.97. The molecule has 2 aliphatic heterocycles. The summed E-state index contributed by atoms with van der Waals surface area (Å²) in [6.07, 6.45) is -2.39. The average Bonchev–Trinajstić information content (AvgIpc) is 3.33. The van der Waals surface area contributed by atoms with E-state index < -0.39 is 21.8 Å². The number of nitrogens with one attached hydrogen (secondary N) is 2. The number of alkyl halides is 3. The second-order valence-electron chi connectivity index (χ2n) is 9.02. The minimum atomic E-state index is -4.58. The predicted octanol–water partition coefficient (Wildman–Crippen LogP) is 4.87. The Morgan fingerprint density at radius 1 is 0.882 bits per heavy atom. The first kappa shape index (κ1) is 23.3. The molecule has 3 aromatic rings. The summed E-state index contributed by atoms with van der Waals surface area (Å²) in [6.45, 7) is 0.584. The molecule has 34 heavy (non-hydrogen) atoms. The highest BCUT2D eigenvalue weighted by Gasteiger charge is 2.37. The smallest absolute Gasteiger partial charge is 0.254 e. The maximum Gasteiger partial charge on any atom is 0.416 e. The summed E-state index contributed by atoms with van der Waals surface area (Å²) < 4.78 is 66.4. The van der Waals surface area contributed by atoms with E-state index in [-0.39, 0.29) is 22.9 Å². The van der Waals surface area contributed by atoms with Crippen molar-refractivity contribution < 1.29 is 21.6 Å². The minimum absolute atomic E-state index is 0.156. The zero-order valence-electron chi connectivity index (χ0n) is 18.4. The lowest BCUT2D eigenvalue weighted by Gasteiger charge is -2.34. The van der Waals surface area contributed by atoms with Crippen molar-refractivity contribution in [3.8, 4) is 0 Å². The number of hydrogen-bond donors (Lipinski definition) is 2. The quantitative estimate of drug-likeness (QED) is 0.549. The number of halogens is 3. The van der Waals surface area contributed by atoms with Gasteiger partial charge in [0.25, 0.3) is 0 Å². The summed E-state index contributed by atoms with van der Waals surface area (Å²) >= 11 is 0. The number of benzene rings is 3. The van der Waals surface area contributed by atoms with Crippen LogP contribution in [0.2, 0.25) is 0 Å². The fraction of sp³-hybridized carbons (Fsp3) is 0.360. The van der Waals surface area contributed by atoms with Crippen LogP contribution in [0.15, 0.2) is 71.6 Å². The molecule has 2 N–H and O–H groups in total. The number of fused-ring (bicyclic) bond motifs is 1. The highest BCUT2D eigenvalue weighted by molar-refractivity contribution is 7.89. The van der Waals surface area contributed by atoms with E-state index in [1.165, 1.54) is 26.7 Å².